The molecule has 0 amide bonds. The van der Waals surface area contributed by atoms with Crippen molar-refractivity contribution in [2.75, 3.05) is 6.54 Å². The van der Waals surface area contributed by atoms with Crippen molar-refractivity contribution in [1.29, 1.82) is 0 Å². The summed E-state index contributed by atoms with van der Waals surface area (Å²) in [6.45, 7) is 3.74. The molecule has 4 heteroatoms. The summed E-state index contributed by atoms with van der Waals surface area (Å²) in [5.41, 5.74) is 3.87. The minimum atomic E-state index is 0.471. The molecule has 21 heavy (non-hydrogen) atoms. The van der Waals surface area contributed by atoms with E-state index in [1.54, 1.807) is 6.33 Å². The van der Waals surface area contributed by atoms with E-state index < -0.39 is 0 Å². The maximum atomic E-state index is 6.07. The van der Waals surface area contributed by atoms with Crippen molar-refractivity contribution in [3.63, 3.8) is 0 Å². The summed E-state index contributed by atoms with van der Waals surface area (Å²) in [5.74, 6) is 1.02. The average molecular weight is 285 g/mol. The maximum Gasteiger partial charge on any atom is 0.130 e. The third kappa shape index (κ3) is 2.95. The number of aryl methyl sites for hydroxylation is 1. The molecule has 0 saturated carbocycles. The minimum Gasteiger partial charge on any atom is -0.487 e. The van der Waals surface area contributed by atoms with E-state index in [1.165, 1.54) is 24.0 Å². The van der Waals surface area contributed by atoms with Crippen molar-refractivity contribution >= 4 is 0 Å². The molecule has 1 aliphatic rings. The lowest BCUT2D eigenvalue weighted by Crippen LogP contribution is -2.25. The van der Waals surface area contributed by atoms with Crippen LogP contribution in [-0.2, 0) is 20.1 Å². The first-order valence-electron chi connectivity index (χ1n) is 7.72. The molecule has 1 aliphatic carbocycles. The van der Waals surface area contributed by atoms with Crippen LogP contribution < -0.4 is 10.1 Å². The molecule has 0 spiro atoms. The van der Waals surface area contributed by atoms with E-state index in [4.69, 9.17) is 4.74 Å². The van der Waals surface area contributed by atoms with Crippen LogP contribution in [0.1, 0.15) is 42.6 Å². The highest BCUT2D eigenvalue weighted by atomic mass is 16.5. The van der Waals surface area contributed by atoms with Gasteiger partial charge in [-0.25, -0.2) is 4.98 Å². The van der Waals surface area contributed by atoms with Gasteiger partial charge in [0.2, 0.25) is 0 Å². The maximum absolute atomic E-state index is 6.07. The van der Waals surface area contributed by atoms with Crippen LogP contribution in [0.2, 0.25) is 0 Å². The summed E-state index contributed by atoms with van der Waals surface area (Å²) >= 11 is 0. The van der Waals surface area contributed by atoms with Crippen LogP contribution in [0.4, 0.5) is 0 Å². The average Bonchev–Trinajstić information content (AvgIpc) is 2.91. The zero-order valence-electron chi connectivity index (χ0n) is 12.8. The Morgan fingerprint density at radius 2 is 2.33 bits per heavy atom. The zero-order valence-corrected chi connectivity index (χ0v) is 12.8. The first kappa shape index (κ1) is 14.1. The number of ether oxygens (including phenoxy) is 1. The van der Waals surface area contributed by atoms with Gasteiger partial charge in [0, 0.05) is 13.1 Å². The Hall–Kier alpha value is -1.81. The number of fused-ring (bicyclic) bond motifs is 1. The van der Waals surface area contributed by atoms with Crippen molar-refractivity contribution in [3.8, 4) is 5.75 Å². The molecular formula is C17H23N3O. The Bertz CT molecular complexity index is 606. The number of hydrogen-bond donors (Lipinski definition) is 1. The van der Waals surface area contributed by atoms with Gasteiger partial charge in [-0.1, -0.05) is 19.1 Å². The van der Waals surface area contributed by atoms with Gasteiger partial charge in [0.1, 0.15) is 12.4 Å². The predicted molar refractivity (Wildman–Crippen MR) is 83.3 cm³/mol. The smallest absolute Gasteiger partial charge is 0.130 e. The monoisotopic (exact) mass is 285 g/mol. The van der Waals surface area contributed by atoms with Crippen LogP contribution in [0, 0.1) is 0 Å². The van der Waals surface area contributed by atoms with Crippen molar-refractivity contribution in [2.24, 2.45) is 7.05 Å². The summed E-state index contributed by atoms with van der Waals surface area (Å²) in [6.07, 6.45) is 7.21. The lowest BCUT2D eigenvalue weighted by atomic mass is 9.87. The van der Waals surface area contributed by atoms with Crippen molar-refractivity contribution in [1.82, 2.24) is 14.9 Å². The summed E-state index contributed by atoms with van der Waals surface area (Å²) in [5, 5.41) is 3.58. The Balaban J connectivity index is 1.80. The number of rotatable bonds is 5. The van der Waals surface area contributed by atoms with Crippen molar-refractivity contribution < 1.29 is 4.74 Å². The minimum absolute atomic E-state index is 0.471. The molecule has 0 bridgehead atoms. The quantitative estimate of drug-likeness (QED) is 0.918. The number of aromatic nitrogens is 2. The van der Waals surface area contributed by atoms with Gasteiger partial charge < -0.3 is 14.6 Å². The second-order valence-corrected chi connectivity index (χ2v) is 5.61. The third-order valence-electron chi connectivity index (χ3n) is 4.21. The van der Waals surface area contributed by atoms with E-state index in [0.29, 0.717) is 12.6 Å². The van der Waals surface area contributed by atoms with Crippen LogP contribution in [0.15, 0.2) is 30.7 Å². The molecule has 4 nitrogen and oxygen atoms in total. The van der Waals surface area contributed by atoms with Crippen LogP contribution in [0.25, 0.3) is 0 Å². The second-order valence-electron chi connectivity index (χ2n) is 5.61. The normalized spacial score (nSPS) is 17.5. The number of hydrogen-bond acceptors (Lipinski definition) is 3. The molecule has 1 heterocycles. The highest BCUT2D eigenvalue weighted by Gasteiger charge is 2.22. The van der Waals surface area contributed by atoms with Gasteiger partial charge in [-0.3, -0.25) is 0 Å². The van der Waals surface area contributed by atoms with Gasteiger partial charge in [0.05, 0.1) is 18.2 Å². The molecule has 0 aliphatic heterocycles. The number of benzene rings is 1. The fourth-order valence-corrected chi connectivity index (χ4v) is 3.08. The molecule has 0 radical (unpaired) electrons. The molecule has 1 atom stereocenters. The largest absolute Gasteiger partial charge is 0.487 e. The lowest BCUT2D eigenvalue weighted by Gasteiger charge is -2.27. The van der Waals surface area contributed by atoms with E-state index in [1.807, 2.05) is 17.8 Å². The molecule has 1 aromatic carbocycles. The molecule has 0 saturated heterocycles. The first-order chi connectivity index (χ1) is 10.3. The highest BCUT2D eigenvalue weighted by molar-refractivity contribution is 5.43. The molecule has 2 aromatic rings. The zero-order chi connectivity index (χ0) is 14.7. The summed E-state index contributed by atoms with van der Waals surface area (Å²) in [7, 11) is 1.99. The number of nitrogens with zero attached hydrogens (tertiary/aromatic N) is 2. The van der Waals surface area contributed by atoms with Gasteiger partial charge in [-0.05, 0) is 43.0 Å². The Morgan fingerprint density at radius 1 is 1.43 bits per heavy atom. The van der Waals surface area contributed by atoms with Crippen molar-refractivity contribution in [3.05, 3.63) is 47.5 Å². The number of nitrogens with one attached hydrogen (secondary N) is 1. The Labute approximate surface area is 126 Å². The van der Waals surface area contributed by atoms with Gasteiger partial charge in [0.15, 0.2) is 0 Å². The van der Waals surface area contributed by atoms with E-state index in [0.717, 1.165) is 24.4 Å². The van der Waals surface area contributed by atoms with Crippen LogP contribution in [-0.4, -0.2) is 16.1 Å². The van der Waals surface area contributed by atoms with Gasteiger partial charge in [-0.15, -0.1) is 0 Å². The van der Waals surface area contributed by atoms with E-state index in [-0.39, 0.29) is 0 Å². The number of imidazole rings is 1. The van der Waals surface area contributed by atoms with E-state index >= 15 is 0 Å². The molecule has 0 fully saturated rings. The molecule has 3 rings (SSSR count). The summed E-state index contributed by atoms with van der Waals surface area (Å²) in [6, 6.07) is 6.90. The predicted octanol–water partition coefficient (Wildman–Crippen LogP) is 2.99. The molecule has 112 valence electrons. The lowest BCUT2D eigenvalue weighted by molar-refractivity contribution is 0.291. The molecule has 1 unspecified atom stereocenters. The van der Waals surface area contributed by atoms with Crippen molar-refractivity contribution in [2.45, 2.75) is 38.8 Å². The van der Waals surface area contributed by atoms with Crippen LogP contribution in [0.3, 0.4) is 0 Å². The van der Waals surface area contributed by atoms with E-state index in [2.05, 4.69) is 35.4 Å². The van der Waals surface area contributed by atoms with Crippen LogP contribution >= 0.6 is 0 Å². The van der Waals surface area contributed by atoms with Gasteiger partial charge in [-0.2, -0.15) is 0 Å². The Kier molecular flexibility index (Phi) is 4.25. The summed E-state index contributed by atoms with van der Waals surface area (Å²) in [4.78, 5) is 4.13. The summed E-state index contributed by atoms with van der Waals surface area (Å²) < 4.78 is 8.06. The van der Waals surface area contributed by atoms with E-state index in [9.17, 15) is 0 Å². The molecular weight excluding hydrogens is 262 g/mol. The second kappa shape index (κ2) is 6.31. The highest BCUT2D eigenvalue weighted by Crippen LogP contribution is 2.35. The SMILES string of the molecule is CCNC1CCCc2c(OCc3cncn3C)cccc21. The van der Waals surface area contributed by atoms with Gasteiger partial charge >= 0.3 is 0 Å². The fourth-order valence-electron chi connectivity index (χ4n) is 3.08. The Morgan fingerprint density at radius 3 is 3.10 bits per heavy atom. The third-order valence-corrected chi connectivity index (χ3v) is 4.21. The molecule has 1 aromatic heterocycles. The van der Waals surface area contributed by atoms with Gasteiger partial charge in [0.25, 0.3) is 0 Å². The first-order valence-corrected chi connectivity index (χ1v) is 7.72. The van der Waals surface area contributed by atoms with Crippen LogP contribution in [0.5, 0.6) is 5.75 Å². The standard InChI is InChI=1S/C17H23N3O/c1-3-19-16-8-4-7-15-14(16)6-5-9-17(15)21-11-13-10-18-12-20(13)2/h5-6,9-10,12,16,19H,3-4,7-8,11H2,1-2H3. The molecule has 1 N–H and O–H groups in total. The fraction of sp³-hybridized carbons (Fsp3) is 0.471. The topological polar surface area (TPSA) is 39.1 Å².